The smallest absolute Gasteiger partial charge is 0.344 e. The highest BCUT2D eigenvalue weighted by molar-refractivity contribution is 6.13. The van der Waals surface area contributed by atoms with Crippen LogP contribution in [0.4, 0.5) is 18.9 Å². The summed E-state index contributed by atoms with van der Waals surface area (Å²) in [4.78, 5) is 24.6. The number of carboxylic acids is 2. The number of nitrogens with zero attached hydrogens (tertiary/aromatic N) is 1. The zero-order chi connectivity index (χ0) is 20.4. The van der Waals surface area contributed by atoms with Gasteiger partial charge in [0, 0.05) is 29.1 Å². The predicted molar refractivity (Wildman–Crippen MR) is 92.9 cm³/mol. The first-order chi connectivity index (χ1) is 12.7. The molecule has 1 aliphatic carbocycles. The third-order valence-electron chi connectivity index (χ3n) is 5.21. The molecule has 1 aromatic rings. The van der Waals surface area contributed by atoms with E-state index in [0.29, 0.717) is 19.3 Å². The number of halogens is 3. The normalized spacial score (nSPS) is 15.4. The second-order valence-corrected chi connectivity index (χ2v) is 6.63. The first kappa shape index (κ1) is 20.8. The topological polar surface area (TPSA) is 77.8 Å². The highest BCUT2D eigenvalue weighted by Crippen LogP contribution is 2.44. The van der Waals surface area contributed by atoms with Crippen LogP contribution >= 0.6 is 0 Å². The molecule has 0 amide bonds. The molecule has 0 aliphatic heterocycles. The van der Waals surface area contributed by atoms with E-state index in [4.69, 9.17) is 0 Å². The molecule has 2 rings (SSSR count). The maximum atomic E-state index is 13.9. The fourth-order valence-corrected chi connectivity index (χ4v) is 3.94. The number of allylic oxidation sites excluding steroid dienone is 1. The van der Waals surface area contributed by atoms with Crippen LogP contribution in [-0.4, -0.2) is 27.7 Å². The molecule has 2 N–H and O–H groups in total. The van der Waals surface area contributed by atoms with E-state index >= 15 is 0 Å². The summed E-state index contributed by atoms with van der Waals surface area (Å²) in [5.74, 6) is -7.74. The molecule has 1 fully saturated rings. The molecule has 8 heteroatoms. The van der Waals surface area contributed by atoms with Crippen LogP contribution in [0.1, 0.15) is 52.4 Å². The van der Waals surface area contributed by atoms with Gasteiger partial charge in [-0.2, -0.15) is 0 Å². The maximum absolute atomic E-state index is 13.9. The third kappa shape index (κ3) is 3.79. The van der Waals surface area contributed by atoms with E-state index in [2.05, 4.69) is 0 Å². The Balaban J connectivity index is 2.83. The Morgan fingerprint density at radius 1 is 1.04 bits per heavy atom. The Kier molecular flexibility index (Phi) is 6.18. The van der Waals surface area contributed by atoms with Gasteiger partial charge in [-0.25, -0.2) is 22.8 Å². The van der Waals surface area contributed by atoms with Crippen molar-refractivity contribution in [2.75, 3.05) is 4.90 Å². The summed E-state index contributed by atoms with van der Waals surface area (Å²) in [6.45, 7) is 3.42. The summed E-state index contributed by atoms with van der Waals surface area (Å²) >= 11 is 0. The van der Waals surface area contributed by atoms with Crippen LogP contribution in [0, 0.1) is 17.5 Å². The minimum absolute atomic E-state index is 0.0102. The van der Waals surface area contributed by atoms with E-state index in [9.17, 15) is 33.0 Å². The number of benzene rings is 1. The number of rotatable bonds is 7. The van der Waals surface area contributed by atoms with Crippen LogP contribution < -0.4 is 4.90 Å². The zero-order valence-electron chi connectivity index (χ0n) is 15.2. The van der Waals surface area contributed by atoms with Gasteiger partial charge in [0.15, 0.2) is 23.0 Å². The number of hydrogen-bond acceptors (Lipinski definition) is 3. The minimum atomic E-state index is -1.64. The van der Waals surface area contributed by atoms with Crippen molar-refractivity contribution in [1.82, 2.24) is 0 Å². The fourth-order valence-electron chi connectivity index (χ4n) is 3.94. The minimum Gasteiger partial charge on any atom is -0.477 e. The van der Waals surface area contributed by atoms with Crippen LogP contribution in [0.25, 0.3) is 0 Å². The van der Waals surface area contributed by atoms with E-state index in [1.807, 2.05) is 6.92 Å². The van der Waals surface area contributed by atoms with Crippen LogP contribution in [0.15, 0.2) is 23.4 Å². The van der Waals surface area contributed by atoms with Crippen LogP contribution in [0.2, 0.25) is 0 Å². The molecule has 148 valence electrons. The quantitative estimate of drug-likeness (QED) is 0.313. The molecule has 1 aliphatic rings. The molecule has 0 heterocycles. The van der Waals surface area contributed by atoms with E-state index in [1.165, 1.54) is 4.90 Å². The Labute approximate surface area is 155 Å². The highest BCUT2D eigenvalue weighted by atomic mass is 19.2. The average Bonchev–Trinajstić information content (AvgIpc) is 3.08. The molecule has 1 saturated carbocycles. The van der Waals surface area contributed by atoms with Crippen molar-refractivity contribution in [2.24, 2.45) is 0 Å². The van der Waals surface area contributed by atoms with Gasteiger partial charge < -0.3 is 15.1 Å². The van der Waals surface area contributed by atoms with Crippen molar-refractivity contribution in [2.45, 2.75) is 57.9 Å². The number of carbonyl (C=O) groups is 2. The molecule has 5 nitrogen and oxygen atoms in total. The standard InChI is InChI=1S/C19H22F3NO4/c1-3-14(15(17(24)25)18(26)27)23(19(4-2)7-5-6-8-19)11-9-12(20)16(22)13(21)10-11/h9-10H,3-8H2,1-2H3,(H,24,25)(H,26,27). The first-order valence-electron chi connectivity index (χ1n) is 8.83. The van der Waals surface area contributed by atoms with E-state index in [-0.39, 0.29) is 17.8 Å². The van der Waals surface area contributed by atoms with Gasteiger partial charge in [-0.1, -0.05) is 26.7 Å². The van der Waals surface area contributed by atoms with Crippen molar-refractivity contribution >= 4 is 17.6 Å². The molecule has 0 atom stereocenters. The summed E-state index contributed by atoms with van der Waals surface area (Å²) in [5, 5.41) is 18.8. The van der Waals surface area contributed by atoms with E-state index in [0.717, 1.165) is 25.0 Å². The zero-order valence-corrected chi connectivity index (χ0v) is 15.2. The van der Waals surface area contributed by atoms with Gasteiger partial charge in [0.25, 0.3) is 0 Å². The van der Waals surface area contributed by atoms with Gasteiger partial charge in [-0.15, -0.1) is 0 Å². The van der Waals surface area contributed by atoms with Crippen LogP contribution in [0.3, 0.4) is 0 Å². The van der Waals surface area contributed by atoms with Crippen molar-refractivity contribution < 1.29 is 33.0 Å². The number of aliphatic carboxylic acids is 2. The van der Waals surface area contributed by atoms with Crippen molar-refractivity contribution in [1.29, 1.82) is 0 Å². The lowest BCUT2D eigenvalue weighted by atomic mass is 9.89. The van der Waals surface area contributed by atoms with Gasteiger partial charge in [0.05, 0.1) is 0 Å². The average molecular weight is 385 g/mol. The van der Waals surface area contributed by atoms with Gasteiger partial charge in [-0.3, -0.25) is 0 Å². The number of hydrogen-bond donors (Lipinski definition) is 2. The van der Waals surface area contributed by atoms with Gasteiger partial charge in [0.2, 0.25) is 0 Å². The molecule has 1 aromatic carbocycles. The predicted octanol–water partition coefficient (Wildman–Crippen LogP) is 4.47. The number of anilines is 1. The number of carboxylic acid groups (broad SMARTS) is 2. The van der Waals surface area contributed by atoms with Crippen LogP contribution in [0.5, 0.6) is 0 Å². The molecule has 0 radical (unpaired) electrons. The van der Waals surface area contributed by atoms with E-state index in [1.54, 1.807) is 6.92 Å². The molecular formula is C19H22F3NO4. The molecule has 0 bridgehead atoms. The second kappa shape index (κ2) is 8.02. The third-order valence-corrected chi connectivity index (χ3v) is 5.21. The van der Waals surface area contributed by atoms with Crippen molar-refractivity contribution in [3.8, 4) is 0 Å². The fraction of sp³-hybridized carbons (Fsp3) is 0.474. The lowest BCUT2D eigenvalue weighted by Crippen LogP contribution is -2.47. The lowest BCUT2D eigenvalue weighted by Gasteiger charge is -2.44. The molecule has 0 spiro atoms. The largest absolute Gasteiger partial charge is 0.477 e. The monoisotopic (exact) mass is 385 g/mol. The molecule has 0 unspecified atom stereocenters. The summed E-state index contributed by atoms with van der Waals surface area (Å²) in [6.07, 6.45) is 3.33. The lowest BCUT2D eigenvalue weighted by molar-refractivity contribution is -0.140. The molecule has 27 heavy (non-hydrogen) atoms. The van der Waals surface area contributed by atoms with Crippen LogP contribution in [-0.2, 0) is 9.59 Å². The molecule has 0 aromatic heterocycles. The first-order valence-corrected chi connectivity index (χ1v) is 8.83. The van der Waals surface area contributed by atoms with Gasteiger partial charge >= 0.3 is 11.9 Å². The van der Waals surface area contributed by atoms with Gasteiger partial charge in [-0.05, 0) is 25.7 Å². The summed E-state index contributed by atoms with van der Waals surface area (Å²) in [6, 6.07) is 1.57. The van der Waals surface area contributed by atoms with E-state index < -0.39 is 40.5 Å². The maximum Gasteiger partial charge on any atom is 0.344 e. The highest BCUT2D eigenvalue weighted by Gasteiger charge is 2.42. The summed E-state index contributed by atoms with van der Waals surface area (Å²) in [7, 11) is 0. The molecule has 0 saturated heterocycles. The summed E-state index contributed by atoms with van der Waals surface area (Å²) < 4.78 is 41.3. The Hall–Kier alpha value is -2.51. The van der Waals surface area contributed by atoms with Gasteiger partial charge in [0.1, 0.15) is 0 Å². The van der Waals surface area contributed by atoms with Crippen molar-refractivity contribution in [3.63, 3.8) is 0 Å². The SMILES string of the molecule is CCC(=C(C(=O)O)C(=O)O)N(c1cc(F)c(F)c(F)c1)C1(CC)CCCC1. The van der Waals surface area contributed by atoms with Crippen molar-refractivity contribution in [3.05, 3.63) is 40.9 Å². The Morgan fingerprint density at radius 3 is 1.89 bits per heavy atom. The summed E-state index contributed by atoms with van der Waals surface area (Å²) in [5.41, 5.74) is -1.71. The molecular weight excluding hydrogens is 363 g/mol. The second-order valence-electron chi connectivity index (χ2n) is 6.63. The Bertz CT molecular complexity index is 746. The Morgan fingerprint density at radius 2 is 1.52 bits per heavy atom.